The van der Waals surface area contributed by atoms with Crippen LogP contribution in [0.25, 0.3) is 10.2 Å². The molecular formula is C16H13N3O2S. The van der Waals surface area contributed by atoms with Gasteiger partial charge in [-0.1, -0.05) is 18.2 Å². The van der Waals surface area contributed by atoms with Crippen molar-refractivity contribution in [1.82, 2.24) is 9.97 Å². The van der Waals surface area contributed by atoms with E-state index in [1.807, 2.05) is 29.6 Å². The minimum absolute atomic E-state index is 0.0176. The van der Waals surface area contributed by atoms with Crippen LogP contribution in [0.3, 0.4) is 0 Å². The summed E-state index contributed by atoms with van der Waals surface area (Å²) in [7, 11) is 0. The number of para-hydroxylation sites is 1. The third-order valence-corrected chi connectivity index (χ3v) is 4.57. The number of carbonyl (C=O) groups excluding carboxylic acids is 1. The molecule has 0 radical (unpaired) electrons. The molecule has 1 amide bonds. The first kappa shape index (κ1) is 13.2. The molecule has 3 heterocycles. The molecule has 1 aromatic carbocycles. The number of ether oxygens (including phenoxy) is 1. The van der Waals surface area contributed by atoms with Crippen LogP contribution in [0, 0.1) is 0 Å². The van der Waals surface area contributed by atoms with E-state index in [1.54, 1.807) is 4.90 Å². The maximum Gasteiger partial charge on any atom is 0.264 e. The SMILES string of the molecule is O=C(COc1ncnc2sccc12)N1CCc2ccccc21. The third-order valence-electron chi connectivity index (χ3n) is 3.75. The van der Waals surface area contributed by atoms with E-state index in [-0.39, 0.29) is 12.5 Å². The zero-order valence-electron chi connectivity index (χ0n) is 11.7. The summed E-state index contributed by atoms with van der Waals surface area (Å²) in [6.45, 7) is 0.690. The van der Waals surface area contributed by atoms with Crippen LogP contribution in [0.15, 0.2) is 42.0 Å². The highest BCUT2D eigenvalue weighted by Gasteiger charge is 2.24. The summed E-state index contributed by atoms with van der Waals surface area (Å²) in [4.78, 5) is 23.4. The van der Waals surface area contributed by atoms with Gasteiger partial charge in [0, 0.05) is 12.2 Å². The van der Waals surface area contributed by atoms with E-state index >= 15 is 0 Å². The molecule has 0 bridgehead atoms. The molecule has 1 aliphatic rings. The van der Waals surface area contributed by atoms with Gasteiger partial charge in [-0.2, -0.15) is 0 Å². The van der Waals surface area contributed by atoms with Gasteiger partial charge in [0.05, 0.1) is 5.39 Å². The lowest BCUT2D eigenvalue weighted by Gasteiger charge is -2.17. The highest BCUT2D eigenvalue weighted by molar-refractivity contribution is 7.16. The first-order valence-electron chi connectivity index (χ1n) is 7.02. The number of nitrogens with zero attached hydrogens (tertiary/aromatic N) is 3. The second kappa shape index (κ2) is 5.38. The Morgan fingerprint density at radius 1 is 1.27 bits per heavy atom. The number of anilines is 1. The van der Waals surface area contributed by atoms with Gasteiger partial charge < -0.3 is 9.64 Å². The lowest BCUT2D eigenvalue weighted by atomic mass is 10.2. The van der Waals surface area contributed by atoms with E-state index in [1.165, 1.54) is 23.2 Å². The van der Waals surface area contributed by atoms with Crippen LogP contribution in [-0.2, 0) is 11.2 Å². The molecule has 5 nitrogen and oxygen atoms in total. The lowest BCUT2D eigenvalue weighted by molar-refractivity contribution is -0.120. The summed E-state index contributed by atoms with van der Waals surface area (Å²) in [6.07, 6.45) is 2.36. The Hall–Kier alpha value is -2.47. The van der Waals surface area contributed by atoms with Gasteiger partial charge in [-0.05, 0) is 29.5 Å². The smallest absolute Gasteiger partial charge is 0.264 e. The van der Waals surface area contributed by atoms with E-state index in [2.05, 4.69) is 16.0 Å². The maximum absolute atomic E-state index is 12.4. The van der Waals surface area contributed by atoms with Crippen LogP contribution in [0.2, 0.25) is 0 Å². The van der Waals surface area contributed by atoms with Crippen LogP contribution in [0.5, 0.6) is 5.88 Å². The van der Waals surface area contributed by atoms with Crippen molar-refractivity contribution in [3.63, 3.8) is 0 Å². The molecule has 22 heavy (non-hydrogen) atoms. The largest absolute Gasteiger partial charge is 0.467 e. The summed E-state index contributed by atoms with van der Waals surface area (Å²) in [5.74, 6) is 0.416. The number of carbonyl (C=O) groups is 1. The predicted octanol–water partition coefficient (Wildman–Crippen LogP) is 2.66. The topological polar surface area (TPSA) is 55.3 Å². The van der Waals surface area contributed by atoms with Gasteiger partial charge in [-0.25, -0.2) is 9.97 Å². The van der Waals surface area contributed by atoms with Gasteiger partial charge >= 0.3 is 0 Å². The van der Waals surface area contributed by atoms with Crippen molar-refractivity contribution in [2.24, 2.45) is 0 Å². The average Bonchev–Trinajstić information content (AvgIpc) is 3.19. The minimum Gasteiger partial charge on any atom is -0.467 e. The molecule has 0 aliphatic carbocycles. The standard InChI is InChI=1S/C16H13N3O2S/c20-14(19-7-5-11-3-1-2-4-13(11)19)9-21-15-12-6-8-22-16(12)18-10-17-15/h1-4,6,8,10H,5,7,9H2. The number of thiophene rings is 1. The first-order chi connectivity index (χ1) is 10.8. The second-order valence-corrected chi connectivity index (χ2v) is 5.93. The molecule has 2 aromatic heterocycles. The summed E-state index contributed by atoms with van der Waals surface area (Å²) in [5.41, 5.74) is 2.19. The highest BCUT2D eigenvalue weighted by Crippen LogP contribution is 2.28. The summed E-state index contributed by atoms with van der Waals surface area (Å²) in [6, 6.07) is 9.89. The van der Waals surface area contributed by atoms with Crippen molar-refractivity contribution in [2.75, 3.05) is 18.1 Å². The van der Waals surface area contributed by atoms with Crippen molar-refractivity contribution in [3.8, 4) is 5.88 Å². The van der Waals surface area contributed by atoms with Crippen LogP contribution in [-0.4, -0.2) is 29.0 Å². The number of hydrogen-bond acceptors (Lipinski definition) is 5. The number of benzene rings is 1. The monoisotopic (exact) mass is 311 g/mol. The minimum atomic E-state index is -0.0491. The Balaban J connectivity index is 1.51. The molecule has 0 atom stereocenters. The molecule has 0 spiro atoms. The van der Waals surface area contributed by atoms with Crippen molar-refractivity contribution in [2.45, 2.75) is 6.42 Å². The molecule has 0 saturated carbocycles. The van der Waals surface area contributed by atoms with Gasteiger partial charge in [-0.15, -0.1) is 11.3 Å². The summed E-state index contributed by atoms with van der Waals surface area (Å²) < 4.78 is 5.63. The normalized spacial score (nSPS) is 13.4. The van der Waals surface area contributed by atoms with E-state index in [9.17, 15) is 4.79 Å². The molecule has 0 saturated heterocycles. The Kier molecular flexibility index (Phi) is 3.23. The van der Waals surface area contributed by atoms with Crippen LogP contribution in [0.4, 0.5) is 5.69 Å². The van der Waals surface area contributed by atoms with Crippen molar-refractivity contribution >= 4 is 33.1 Å². The lowest BCUT2D eigenvalue weighted by Crippen LogP contribution is -2.33. The van der Waals surface area contributed by atoms with Gasteiger partial charge in [0.15, 0.2) is 6.61 Å². The van der Waals surface area contributed by atoms with Crippen molar-refractivity contribution in [1.29, 1.82) is 0 Å². The molecule has 4 rings (SSSR count). The fraction of sp³-hybridized carbons (Fsp3) is 0.188. The molecule has 6 heteroatoms. The Bertz CT molecular complexity index is 846. The zero-order chi connectivity index (χ0) is 14.9. The van der Waals surface area contributed by atoms with E-state index in [0.717, 1.165) is 22.3 Å². The predicted molar refractivity (Wildman–Crippen MR) is 85.4 cm³/mol. The van der Waals surface area contributed by atoms with Gasteiger partial charge in [0.1, 0.15) is 11.2 Å². The zero-order valence-corrected chi connectivity index (χ0v) is 12.5. The quantitative estimate of drug-likeness (QED) is 0.746. The Morgan fingerprint density at radius 3 is 3.14 bits per heavy atom. The van der Waals surface area contributed by atoms with Gasteiger partial charge in [0.25, 0.3) is 5.91 Å². The first-order valence-corrected chi connectivity index (χ1v) is 7.90. The fourth-order valence-electron chi connectivity index (χ4n) is 2.69. The van der Waals surface area contributed by atoms with Crippen molar-refractivity contribution in [3.05, 3.63) is 47.6 Å². The average molecular weight is 311 g/mol. The van der Waals surface area contributed by atoms with Crippen LogP contribution in [0.1, 0.15) is 5.56 Å². The molecule has 0 N–H and O–H groups in total. The second-order valence-electron chi connectivity index (χ2n) is 5.03. The van der Waals surface area contributed by atoms with Crippen molar-refractivity contribution < 1.29 is 9.53 Å². The van der Waals surface area contributed by atoms with E-state index in [0.29, 0.717) is 12.4 Å². The molecule has 110 valence electrons. The van der Waals surface area contributed by atoms with Crippen LogP contribution >= 0.6 is 11.3 Å². The molecule has 1 aliphatic heterocycles. The summed E-state index contributed by atoms with van der Waals surface area (Å²) in [5, 5.41) is 2.78. The molecule has 3 aromatic rings. The van der Waals surface area contributed by atoms with E-state index < -0.39 is 0 Å². The number of aromatic nitrogens is 2. The number of fused-ring (bicyclic) bond motifs is 2. The number of rotatable bonds is 3. The van der Waals surface area contributed by atoms with Gasteiger partial charge in [-0.3, -0.25) is 4.79 Å². The van der Waals surface area contributed by atoms with E-state index in [4.69, 9.17) is 4.74 Å². The molecule has 0 fully saturated rings. The Labute approximate surface area is 131 Å². The number of hydrogen-bond donors (Lipinski definition) is 0. The third kappa shape index (κ3) is 2.21. The molecular weight excluding hydrogens is 298 g/mol. The van der Waals surface area contributed by atoms with Crippen LogP contribution < -0.4 is 9.64 Å². The highest BCUT2D eigenvalue weighted by atomic mass is 32.1. The Morgan fingerprint density at radius 2 is 2.18 bits per heavy atom. The summed E-state index contributed by atoms with van der Waals surface area (Å²) >= 11 is 1.53. The molecule has 0 unspecified atom stereocenters. The maximum atomic E-state index is 12.4. The van der Waals surface area contributed by atoms with Gasteiger partial charge in [0.2, 0.25) is 5.88 Å². The number of amides is 1. The fourth-order valence-corrected chi connectivity index (χ4v) is 3.41.